The molecule has 2 nitrogen and oxygen atoms in total. The third-order valence-electron chi connectivity index (χ3n) is 1.93. The SMILES string of the molecule is CC(=O)c1ccc(C=O)c(C)c1Br. The van der Waals surface area contributed by atoms with Crippen molar-refractivity contribution < 1.29 is 9.59 Å². The molecule has 0 aliphatic carbocycles. The lowest BCUT2D eigenvalue weighted by atomic mass is 10.0. The predicted molar refractivity (Wildman–Crippen MR) is 54.3 cm³/mol. The van der Waals surface area contributed by atoms with Gasteiger partial charge in [-0.2, -0.15) is 0 Å². The molecule has 0 heterocycles. The van der Waals surface area contributed by atoms with E-state index in [9.17, 15) is 9.59 Å². The molecule has 3 heteroatoms. The monoisotopic (exact) mass is 240 g/mol. The zero-order valence-corrected chi connectivity index (χ0v) is 9.01. The topological polar surface area (TPSA) is 34.1 Å². The lowest BCUT2D eigenvalue weighted by Crippen LogP contribution is -1.98. The Labute approximate surface area is 85.1 Å². The van der Waals surface area contributed by atoms with Gasteiger partial charge in [-0.1, -0.05) is 6.07 Å². The summed E-state index contributed by atoms with van der Waals surface area (Å²) in [6.07, 6.45) is 0.782. The fraction of sp³-hybridized carbons (Fsp3) is 0.200. The number of carbonyl (C=O) groups is 2. The zero-order chi connectivity index (χ0) is 10.0. The summed E-state index contributed by atoms with van der Waals surface area (Å²) in [5.41, 5.74) is 2.03. The first-order valence-electron chi connectivity index (χ1n) is 3.83. The van der Waals surface area contributed by atoms with Gasteiger partial charge in [0.15, 0.2) is 5.78 Å². The number of rotatable bonds is 2. The molecule has 68 valence electrons. The lowest BCUT2D eigenvalue weighted by molar-refractivity contribution is 0.101. The first-order chi connectivity index (χ1) is 6.07. The van der Waals surface area contributed by atoms with E-state index in [0.717, 1.165) is 11.8 Å². The second kappa shape index (κ2) is 3.83. The highest BCUT2D eigenvalue weighted by atomic mass is 79.9. The van der Waals surface area contributed by atoms with Crippen molar-refractivity contribution in [3.05, 3.63) is 33.3 Å². The molecule has 0 spiro atoms. The molecule has 0 saturated carbocycles. The van der Waals surface area contributed by atoms with Gasteiger partial charge in [0.25, 0.3) is 0 Å². The van der Waals surface area contributed by atoms with Crippen molar-refractivity contribution >= 4 is 28.0 Å². The van der Waals surface area contributed by atoms with Crippen LogP contribution >= 0.6 is 15.9 Å². The summed E-state index contributed by atoms with van der Waals surface area (Å²) in [6.45, 7) is 3.31. The molecule has 0 unspecified atom stereocenters. The van der Waals surface area contributed by atoms with Gasteiger partial charge in [0.1, 0.15) is 6.29 Å². The third kappa shape index (κ3) is 1.86. The van der Waals surface area contributed by atoms with Gasteiger partial charge in [-0.05, 0) is 41.4 Å². The molecule has 1 aromatic rings. The van der Waals surface area contributed by atoms with Crippen LogP contribution in [-0.2, 0) is 0 Å². The van der Waals surface area contributed by atoms with Crippen molar-refractivity contribution in [1.82, 2.24) is 0 Å². The molecule has 13 heavy (non-hydrogen) atoms. The van der Waals surface area contributed by atoms with Gasteiger partial charge in [-0.15, -0.1) is 0 Å². The normalized spacial score (nSPS) is 9.77. The number of hydrogen-bond donors (Lipinski definition) is 0. The van der Waals surface area contributed by atoms with E-state index in [1.165, 1.54) is 6.92 Å². The van der Waals surface area contributed by atoms with E-state index in [2.05, 4.69) is 15.9 Å². The molecular weight excluding hydrogens is 232 g/mol. The van der Waals surface area contributed by atoms with Gasteiger partial charge in [0, 0.05) is 15.6 Å². The highest BCUT2D eigenvalue weighted by molar-refractivity contribution is 9.10. The van der Waals surface area contributed by atoms with Crippen LogP contribution in [0.2, 0.25) is 0 Å². The lowest BCUT2D eigenvalue weighted by Gasteiger charge is -2.05. The quantitative estimate of drug-likeness (QED) is 0.589. The summed E-state index contributed by atoms with van der Waals surface area (Å²) in [6, 6.07) is 3.31. The molecule has 0 atom stereocenters. The van der Waals surface area contributed by atoms with Crippen molar-refractivity contribution in [2.45, 2.75) is 13.8 Å². The highest BCUT2D eigenvalue weighted by Gasteiger charge is 2.09. The molecule has 1 aromatic carbocycles. The van der Waals surface area contributed by atoms with Crippen LogP contribution in [0.1, 0.15) is 33.2 Å². The second-order valence-electron chi connectivity index (χ2n) is 2.82. The Morgan fingerprint density at radius 1 is 1.46 bits per heavy atom. The molecule has 0 saturated heterocycles. The Bertz CT molecular complexity index is 369. The maximum absolute atomic E-state index is 11.1. The third-order valence-corrected chi connectivity index (χ3v) is 2.96. The largest absolute Gasteiger partial charge is 0.298 e. The molecule has 0 aliphatic rings. The maximum Gasteiger partial charge on any atom is 0.160 e. The average molecular weight is 241 g/mol. The predicted octanol–water partition coefficient (Wildman–Crippen LogP) is 2.77. The van der Waals surface area contributed by atoms with Gasteiger partial charge >= 0.3 is 0 Å². The van der Waals surface area contributed by atoms with Crippen molar-refractivity contribution in [2.75, 3.05) is 0 Å². The van der Waals surface area contributed by atoms with E-state index >= 15 is 0 Å². The van der Waals surface area contributed by atoms with Gasteiger partial charge in [-0.25, -0.2) is 0 Å². The average Bonchev–Trinajstić information content (AvgIpc) is 2.09. The van der Waals surface area contributed by atoms with E-state index in [1.54, 1.807) is 19.1 Å². The van der Waals surface area contributed by atoms with Crippen LogP contribution in [-0.4, -0.2) is 12.1 Å². The van der Waals surface area contributed by atoms with Crippen LogP contribution in [0.4, 0.5) is 0 Å². The molecule has 0 fully saturated rings. The van der Waals surface area contributed by atoms with Crippen LogP contribution in [0.5, 0.6) is 0 Å². The molecule has 0 bridgehead atoms. The molecule has 0 aliphatic heterocycles. The van der Waals surface area contributed by atoms with Gasteiger partial charge in [0.05, 0.1) is 0 Å². The minimum atomic E-state index is -0.00701. The number of Topliss-reactive ketones (excluding diaryl/α,β-unsaturated/α-hetero) is 1. The number of halogens is 1. The summed E-state index contributed by atoms with van der Waals surface area (Å²) in [7, 11) is 0. The molecule has 0 amide bonds. The number of benzene rings is 1. The molecular formula is C10H9BrO2. The Balaban J connectivity index is 3.39. The number of carbonyl (C=O) groups excluding carboxylic acids is 2. The first kappa shape index (κ1) is 10.1. The van der Waals surface area contributed by atoms with E-state index in [-0.39, 0.29) is 5.78 Å². The standard InChI is InChI=1S/C10H9BrO2/c1-6-8(5-12)3-4-9(7(2)13)10(6)11/h3-5H,1-2H3. The van der Waals surface area contributed by atoms with Crippen molar-refractivity contribution in [3.8, 4) is 0 Å². The van der Waals surface area contributed by atoms with Crippen LogP contribution in [0.15, 0.2) is 16.6 Å². The minimum absolute atomic E-state index is 0.00701. The summed E-state index contributed by atoms with van der Waals surface area (Å²) in [4.78, 5) is 21.7. The Hall–Kier alpha value is -0.960. The smallest absolute Gasteiger partial charge is 0.160 e. The Morgan fingerprint density at radius 2 is 2.08 bits per heavy atom. The molecule has 0 radical (unpaired) electrons. The van der Waals surface area contributed by atoms with E-state index in [4.69, 9.17) is 0 Å². The number of aldehydes is 1. The minimum Gasteiger partial charge on any atom is -0.298 e. The highest BCUT2D eigenvalue weighted by Crippen LogP contribution is 2.23. The van der Waals surface area contributed by atoms with Crippen molar-refractivity contribution in [3.63, 3.8) is 0 Å². The molecule has 0 N–H and O–H groups in total. The van der Waals surface area contributed by atoms with Gasteiger partial charge in [-0.3, -0.25) is 9.59 Å². The van der Waals surface area contributed by atoms with Crippen LogP contribution in [0, 0.1) is 6.92 Å². The van der Waals surface area contributed by atoms with Crippen molar-refractivity contribution in [2.24, 2.45) is 0 Å². The van der Waals surface area contributed by atoms with Gasteiger partial charge < -0.3 is 0 Å². The van der Waals surface area contributed by atoms with Crippen LogP contribution in [0.3, 0.4) is 0 Å². The summed E-state index contributed by atoms with van der Waals surface area (Å²) in [5.74, 6) is -0.00701. The first-order valence-corrected chi connectivity index (χ1v) is 4.62. The van der Waals surface area contributed by atoms with E-state index in [0.29, 0.717) is 15.6 Å². The molecule has 0 aromatic heterocycles. The summed E-state index contributed by atoms with van der Waals surface area (Å²) < 4.78 is 0.713. The van der Waals surface area contributed by atoms with Crippen LogP contribution in [0.25, 0.3) is 0 Å². The zero-order valence-electron chi connectivity index (χ0n) is 7.43. The summed E-state index contributed by atoms with van der Waals surface area (Å²) >= 11 is 3.29. The summed E-state index contributed by atoms with van der Waals surface area (Å²) in [5, 5.41) is 0. The maximum atomic E-state index is 11.1. The van der Waals surface area contributed by atoms with Crippen LogP contribution < -0.4 is 0 Å². The molecule has 1 rings (SSSR count). The van der Waals surface area contributed by atoms with Crippen molar-refractivity contribution in [1.29, 1.82) is 0 Å². The Morgan fingerprint density at radius 3 is 2.54 bits per heavy atom. The van der Waals surface area contributed by atoms with E-state index in [1.807, 2.05) is 0 Å². The number of hydrogen-bond acceptors (Lipinski definition) is 2. The van der Waals surface area contributed by atoms with Gasteiger partial charge in [0.2, 0.25) is 0 Å². The Kier molecular flexibility index (Phi) is 2.98. The second-order valence-corrected chi connectivity index (χ2v) is 3.61. The fourth-order valence-corrected chi connectivity index (χ4v) is 1.74. The fourth-order valence-electron chi connectivity index (χ4n) is 1.10. The number of ketones is 1. The van der Waals surface area contributed by atoms with E-state index < -0.39 is 0 Å².